The van der Waals surface area contributed by atoms with Crippen molar-refractivity contribution in [2.75, 3.05) is 12.3 Å². The van der Waals surface area contributed by atoms with Crippen LogP contribution in [0.3, 0.4) is 0 Å². The van der Waals surface area contributed by atoms with Gasteiger partial charge in [-0.15, -0.1) is 5.10 Å². The lowest BCUT2D eigenvalue weighted by atomic mass is 10.2. The fourth-order valence-corrected chi connectivity index (χ4v) is 3.25. The first-order valence-corrected chi connectivity index (χ1v) is 9.15. The van der Waals surface area contributed by atoms with Gasteiger partial charge < -0.3 is 19.6 Å². The van der Waals surface area contributed by atoms with E-state index in [0.29, 0.717) is 38.2 Å². The van der Waals surface area contributed by atoms with Crippen LogP contribution in [0.2, 0.25) is 10.0 Å². The molecule has 0 spiro atoms. The van der Waals surface area contributed by atoms with Crippen LogP contribution < -0.4 is 15.2 Å². The Balaban J connectivity index is 1.90. The second-order valence-corrected chi connectivity index (χ2v) is 6.89. The number of hydrogen-bond donors (Lipinski definition) is 1. The zero-order valence-electron chi connectivity index (χ0n) is 13.6. The Hall–Kier alpha value is -1.96. The van der Waals surface area contributed by atoms with E-state index < -0.39 is 0 Å². The Bertz CT molecular complexity index is 934. The van der Waals surface area contributed by atoms with Crippen LogP contribution in [-0.2, 0) is 6.61 Å². The Morgan fingerprint density at radius 2 is 1.96 bits per heavy atom. The van der Waals surface area contributed by atoms with Crippen molar-refractivity contribution >= 4 is 45.1 Å². The molecule has 6 nitrogen and oxygen atoms in total. The molecule has 0 bridgehead atoms. The third kappa shape index (κ3) is 4.23. The van der Waals surface area contributed by atoms with Crippen LogP contribution in [0.25, 0.3) is 11.5 Å². The van der Waals surface area contributed by atoms with E-state index in [1.54, 1.807) is 24.3 Å². The number of aromatic nitrogens is 2. The molecule has 0 unspecified atom stereocenters. The smallest absolute Gasteiger partial charge is 0.313 e. The van der Waals surface area contributed by atoms with E-state index in [-0.39, 0.29) is 18.5 Å². The van der Waals surface area contributed by atoms with Gasteiger partial charge in [-0.05, 0) is 47.1 Å². The SMILES string of the molecule is CCOc1cc(-c2nnc(N)o2)cc(Br)c1OCc1ccc(Cl)cc1Cl. The highest BCUT2D eigenvalue weighted by Crippen LogP contribution is 2.40. The summed E-state index contributed by atoms with van der Waals surface area (Å²) in [4.78, 5) is 0. The van der Waals surface area contributed by atoms with E-state index in [1.807, 2.05) is 13.0 Å². The molecule has 0 aliphatic carbocycles. The van der Waals surface area contributed by atoms with Crippen molar-refractivity contribution in [3.63, 3.8) is 0 Å². The van der Waals surface area contributed by atoms with Gasteiger partial charge in [-0.3, -0.25) is 0 Å². The number of hydrogen-bond acceptors (Lipinski definition) is 6. The second-order valence-electron chi connectivity index (χ2n) is 5.19. The van der Waals surface area contributed by atoms with Crippen LogP contribution in [0.1, 0.15) is 12.5 Å². The lowest BCUT2D eigenvalue weighted by molar-refractivity contribution is 0.268. The quantitative estimate of drug-likeness (QED) is 0.534. The Morgan fingerprint density at radius 1 is 1.15 bits per heavy atom. The van der Waals surface area contributed by atoms with E-state index in [1.165, 1.54) is 0 Å². The van der Waals surface area contributed by atoms with Gasteiger partial charge in [-0.1, -0.05) is 34.4 Å². The summed E-state index contributed by atoms with van der Waals surface area (Å²) in [6.07, 6.45) is 0. The third-order valence-corrected chi connectivity index (χ3v) is 4.56. The van der Waals surface area contributed by atoms with Gasteiger partial charge in [0.1, 0.15) is 6.61 Å². The molecule has 1 heterocycles. The van der Waals surface area contributed by atoms with E-state index in [2.05, 4.69) is 26.1 Å². The highest BCUT2D eigenvalue weighted by Gasteiger charge is 2.17. The highest BCUT2D eigenvalue weighted by molar-refractivity contribution is 9.10. The largest absolute Gasteiger partial charge is 0.490 e. The standard InChI is InChI=1S/C17H14BrCl2N3O3/c1-2-24-14-6-10(16-22-23-17(21)26-16)5-12(18)15(14)25-8-9-3-4-11(19)7-13(9)20/h3-7H,2,8H2,1H3,(H2,21,23). The molecule has 136 valence electrons. The average Bonchev–Trinajstić information content (AvgIpc) is 3.02. The van der Waals surface area contributed by atoms with Crippen molar-refractivity contribution in [2.45, 2.75) is 13.5 Å². The van der Waals surface area contributed by atoms with Gasteiger partial charge in [-0.2, -0.15) is 0 Å². The van der Waals surface area contributed by atoms with Crippen molar-refractivity contribution in [2.24, 2.45) is 0 Å². The molecule has 0 aliphatic rings. The number of nitrogen functional groups attached to an aromatic ring is 1. The van der Waals surface area contributed by atoms with E-state index in [0.717, 1.165) is 5.56 Å². The van der Waals surface area contributed by atoms with Gasteiger partial charge in [0.25, 0.3) is 0 Å². The molecule has 0 saturated heterocycles. The molecular formula is C17H14BrCl2N3O3. The predicted octanol–water partition coefficient (Wildman–Crippen LogP) is 5.37. The number of nitrogens with two attached hydrogens (primary N) is 1. The Morgan fingerprint density at radius 3 is 2.62 bits per heavy atom. The van der Waals surface area contributed by atoms with Gasteiger partial charge >= 0.3 is 6.01 Å². The zero-order chi connectivity index (χ0) is 18.7. The van der Waals surface area contributed by atoms with Crippen LogP contribution in [0.5, 0.6) is 11.5 Å². The van der Waals surface area contributed by atoms with Crippen LogP contribution in [0.15, 0.2) is 39.2 Å². The maximum atomic E-state index is 6.20. The van der Waals surface area contributed by atoms with Crippen LogP contribution in [0.4, 0.5) is 6.01 Å². The molecule has 3 aromatic rings. The van der Waals surface area contributed by atoms with Crippen LogP contribution >= 0.6 is 39.1 Å². The van der Waals surface area contributed by atoms with Crippen LogP contribution in [-0.4, -0.2) is 16.8 Å². The third-order valence-electron chi connectivity index (χ3n) is 3.38. The van der Waals surface area contributed by atoms with Crippen molar-refractivity contribution in [3.05, 3.63) is 50.4 Å². The van der Waals surface area contributed by atoms with E-state index in [9.17, 15) is 0 Å². The number of anilines is 1. The van der Waals surface area contributed by atoms with Gasteiger partial charge in [0.15, 0.2) is 11.5 Å². The summed E-state index contributed by atoms with van der Waals surface area (Å²) in [5, 5.41) is 8.64. The monoisotopic (exact) mass is 457 g/mol. The fraction of sp³-hybridized carbons (Fsp3) is 0.176. The van der Waals surface area contributed by atoms with E-state index >= 15 is 0 Å². The second kappa shape index (κ2) is 8.16. The van der Waals surface area contributed by atoms with Crippen molar-refractivity contribution in [1.29, 1.82) is 0 Å². The summed E-state index contributed by atoms with van der Waals surface area (Å²) in [6, 6.07) is 8.77. The highest BCUT2D eigenvalue weighted by atomic mass is 79.9. The van der Waals surface area contributed by atoms with E-state index in [4.69, 9.17) is 42.8 Å². The summed E-state index contributed by atoms with van der Waals surface area (Å²) < 4.78 is 17.6. The number of rotatable bonds is 6. The summed E-state index contributed by atoms with van der Waals surface area (Å²) >= 11 is 15.6. The number of nitrogens with zero attached hydrogens (tertiary/aromatic N) is 2. The molecule has 9 heteroatoms. The summed E-state index contributed by atoms with van der Waals surface area (Å²) in [5.41, 5.74) is 6.95. The van der Waals surface area contributed by atoms with Gasteiger partial charge in [0.05, 0.1) is 11.1 Å². The van der Waals surface area contributed by atoms with Gasteiger partial charge in [0, 0.05) is 21.2 Å². The molecule has 0 saturated carbocycles. The minimum Gasteiger partial charge on any atom is -0.490 e. The number of benzene rings is 2. The average molecular weight is 459 g/mol. The van der Waals surface area contributed by atoms with Gasteiger partial charge in [0.2, 0.25) is 5.89 Å². The Kier molecular flexibility index (Phi) is 5.90. The zero-order valence-corrected chi connectivity index (χ0v) is 16.7. The topological polar surface area (TPSA) is 83.4 Å². The molecule has 2 aromatic carbocycles. The van der Waals surface area contributed by atoms with Crippen molar-refractivity contribution < 1.29 is 13.9 Å². The van der Waals surface area contributed by atoms with Crippen LogP contribution in [0, 0.1) is 0 Å². The summed E-state index contributed by atoms with van der Waals surface area (Å²) in [7, 11) is 0. The first kappa shape index (κ1) is 18.8. The lowest BCUT2D eigenvalue weighted by Crippen LogP contribution is -2.01. The molecule has 0 fully saturated rings. The molecule has 0 amide bonds. The molecule has 2 N–H and O–H groups in total. The minimum absolute atomic E-state index is 0.00760. The molecule has 0 aliphatic heterocycles. The Labute approximate surface area is 168 Å². The van der Waals surface area contributed by atoms with Gasteiger partial charge in [-0.25, -0.2) is 0 Å². The van der Waals surface area contributed by atoms with Crippen molar-refractivity contribution in [1.82, 2.24) is 10.2 Å². The maximum absolute atomic E-state index is 6.20. The number of ether oxygens (including phenoxy) is 2. The van der Waals surface area contributed by atoms with Crippen molar-refractivity contribution in [3.8, 4) is 23.0 Å². The first-order valence-electron chi connectivity index (χ1n) is 7.60. The maximum Gasteiger partial charge on any atom is 0.313 e. The normalized spacial score (nSPS) is 10.8. The number of halogens is 3. The molecule has 3 rings (SSSR count). The summed E-state index contributed by atoms with van der Waals surface area (Å²) in [5.74, 6) is 1.35. The lowest BCUT2D eigenvalue weighted by Gasteiger charge is -2.15. The summed E-state index contributed by atoms with van der Waals surface area (Å²) in [6.45, 7) is 2.59. The first-order chi connectivity index (χ1) is 12.5. The molecule has 0 atom stereocenters. The molecular weight excluding hydrogens is 445 g/mol. The molecule has 26 heavy (non-hydrogen) atoms. The fourth-order valence-electron chi connectivity index (χ4n) is 2.23. The molecule has 0 radical (unpaired) electrons. The minimum atomic E-state index is -0.00760. The predicted molar refractivity (Wildman–Crippen MR) is 104 cm³/mol. The molecule has 1 aromatic heterocycles.